The molecule has 2 saturated heterocycles. The molecule has 0 aliphatic carbocycles. The van der Waals surface area contributed by atoms with Gasteiger partial charge in [-0.1, -0.05) is 12.1 Å². The van der Waals surface area contributed by atoms with Crippen LogP contribution < -0.4 is 9.80 Å². The number of carbonyl (C=O) groups is 4. The Hall–Kier alpha value is -3.52. The fourth-order valence-electron chi connectivity index (χ4n) is 4.42. The third-order valence-corrected chi connectivity index (χ3v) is 5.98. The van der Waals surface area contributed by atoms with E-state index < -0.39 is 0 Å². The van der Waals surface area contributed by atoms with E-state index in [4.69, 9.17) is 4.74 Å². The van der Waals surface area contributed by atoms with Gasteiger partial charge in [-0.25, -0.2) is 0 Å². The van der Waals surface area contributed by atoms with Crippen LogP contribution in [0.5, 0.6) is 0 Å². The number of imide groups is 1. The van der Waals surface area contributed by atoms with Crippen LogP contribution in [0, 0.1) is 5.92 Å². The molecule has 4 amide bonds. The topological polar surface area (TPSA) is 87.2 Å². The van der Waals surface area contributed by atoms with Crippen LogP contribution in [0.25, 0.3) is 0 Å². The van der Waals surface area contributed by atoms with Gasteiger partial charge in [0, 0.05) is 43.3 Å². The van der Waals surface area contributed by atoms with Gasteiger partial charge in [-0.15, -0.1) is 0 Å². The van der Waals surface area contributed by atoms with Gasteiger partial charge in [-0.3, -0.25) is 24.1 Å². The van der Waals surface area contributed by atoms with Crippen molar-refractivity contribution in [3.63, 3.8) is 0 Å². The predicted molar refractivity (Wildman–Crippen MR) is 112 cm³/mol. The quantitative estimate of drug-likeness (QED) is 0.704. The maximum atomic E-state index is 12.6. The monoisotopic (exact) mass is 419 g/mol. The molecule has 0 radical (unpaired) electrons. The SMILES string of the molecule is O=C1c2ccccc2C(=O)N1CC1CC(=O)N(c2ccc(N3CCOCC3=O)cc2)C1. The highest BCUT2D eigenvalue weighted by Crippen LogP contribution is 2.30. The minimum Gasteiger partial charge on any atom is -0.370 e. The minimum absolute atomic E-state index is 0.0446. The molecule has 2 aromatic rings. The molecule has 3 aliphatic rings. The molecule has 2 aromatic carbocycles. The Balaban J connectivity index is 1.27. The lowest BCUT2D eigenvalue weighted by atomic mass is 10.1. The fraction of sp³-hybridized carbons (Fsp3) is 0.304. The lowest BCUT2D eigenvalue weighted by molar-refractivity contribution is -0.125. The van der Waals surface area contributed by atoms with E-state index in [-0.39, 0.29) is 49.1 Å². The molecule has 3 aliphatic heterocycles. The van der Waals surface area contributed by atoms with E-state index in [9.17, 15) is 19.2 Å². The van der Waals surface area contributed by atoms with Gasteiger partial charge in [0.25, 0.3) is 17.7 Å². The largest absolute Gasteiger partial charge is 0.370 e. The maximum absolute atomic E-state index is 12.6. The van der Waals surface area contributed by atoms with Crippen molar-refractivity contribution in [2.24, 2.45) is 5.92 Å². The summed E-state index contributed by atoms with van der Waals surface area (Å²) in [6, 6.07) is 14.1. The molecule has 1 unspecified atom stereocenters. The van der Waals surface area contributed by atoms with E-state index >= 15 is 0 Å². The molecule has 31 heavy (non-hydrogen) atoms. The third kappa shape index (κ3) is 3.38. The van der Waals surface area contributed by atoms with Gasteiger partial charge in [0.2, 0.25) is 5.91 Å². The first-order valence-electron chi connectivity index (χ1n) is 10.3. The second-order valence-corrected chi connectivity index (χ2v) is 7.96. The van der Waals surface area contributed by atoms with Crippen LogP contribution in [0.15, 0.2) is 48.5 Å². The van der Waals surface area contributed by atoms with E-state index in [2.05, 4.69) is 0 Å². The van der Waals surface area contributed by atoms with Gasteiger partial charge in [-0.05, 0) is 36.4 Å². The number of benzene rings is 2. The van der Waals surface area contributed by atoms with Gasteiger partial charge < -0.3 is 14.5 Å². The number of nitrogens with zero attached hydrogens (tertiary/aromatic N) is 3. The highest BCUT2D eigenvalue weighted by Gasteiger charge is 2.39. The number of hydrogen-bond acceptors (Lipinski definition) is 5. The number of fused-ring (bicyclic) bond motifs is 1. The normalized spacial score (nSPS) is 21.3. The van der Waals surface area contributed by atoms with Gasteiger partial charge in [0.15, 0.2) is 0 Å². The van der Waals surface area contributed by atoms with Crippen molar-refractivity contribution >= 4 is 35.0 Å². The highest BCUT2D eigenvalue weighted by molar-refractivity contribution is 6.21. The van der Waals surface area contributed by atoms with Gasteiger partial charge >= 0.3 is 0 Å². The lowest BCUT2D eigenvalue weighted by Gasteiger charge is -2.27. The van der Waals surface area contributed by atoms with Crippen LogP contribution in [0.3, 0.4) is 0 Å². The molecule has 2 fully saturated rings. The Kier molecular flexibility index (Phi) is 4.78. The predicted octanol–water partition coefficient (Wildman–Crippen LogP) is 1.70. The minimum atomic E-state index is -0.300. The highest BCUT2D eigenvalue weighted by atomic mass is 16.5. The van der Waals surface area contributed by atoms with Crippen LogP contribution >= 0.6 is 0 Å². The molecule has 158 valence electrons. The summed E-state index contributed by atoms with van der Waals surface area (Å²) in [4.78, 5) is 54.5. The zero-order valence-electron chi connectivity index (χ0n) is 16.8. The molecule has 0 N–H and O–H groups in total. The van der Waals surface area contributed by atoms with Crippen molar-refractivity contribution < 1.29 is 23.9 Å². The Labute approximate surface area is 179 Å². The molecular formula is C23H21N3O5. The van der Waals surface area contributed by atoms with Crippen molar-refractivity contribution in [2.45, 2.75) is 6.42 Å². The van der Waals surface area contributed by atoms with Crippen LogP contribution in [0.2, 0.25) is 0 Å². The molecule has 0 saturated carbocycles. The lowest BCUT2D eigenvalue weighted by Crippen LogP contribution is -2.41. The molecule has 8 heteroatoms. The molecule has 3 heterocycles. The first-order chi connectivity index (χ1) is 15.0. The van der Waals surface area contributed by atoms with Gasteiger partial charge in [0.1, 0.15) is 6.61 Å². The van der Waals surface area contributed by atoms with Crippen molar-refractivity contribution in [1.82, 2.24) is 4.90 Å². The second-order valence-electron chi connectivity index (χ2n) is 7.96. The van der Waals surface area contributed by atoms with Crippen LogP contribution in [0.4, 0.5) is 11.4 Å². The Bertz CT molecular complexity index is 1050. The Morgan fingerprint density at radius 1 is 0.806 bits per heavy atom. The standard InChI is InChI=1S/C23H21N3O5/c27-20-11-15(13-26-22(29)18-3-1-2-4-19(18)23(26)30)12-25(20)17-7-5-16(6-8-17)24-9-10-31-14-21(24)28/h1-8,15H,9-14H2. The van der Waals surface area contributed by atoms with Crippen LogP contribution in [-0.4, -0.2) is 61.4 Å². The number of rotatable bonds is 4. The van der Waals surface area contributed by atoms with E-state index in [0.717, 1.165) is 11.4 Å². The third-order valence-electron chi connectivity index (χ3n) is 5.98. The summed E-state index contributed by atoms with van der Waals surface area (Å²) in [6.07, 6.45) is 0.275. The van der Waals surface area contributed by atoms with Gasteiger partial charge in [0.05, 0.1) is 17.7 Å². The summed E-state index contributed by atoms with van der Waals surface area (Å²) in [7, 11) is 0. The van der Waals surface area contributed by atoms with E-state index in [1.54, 1.807) is 34.1 Å². The van der Waals surface area contributed by atoms with Gasteiger partial charge in [-0.2, -0.15) is 0 Å². The summed E-state index contributed by atoms with van der Waals surface area (Å²) in [6.45, 7) is 1.73. The molecule has 8 nitrogen and oxygen atoms in total. The van der Waals surface area contributed by atoms with Crippen LogP contribution in [-0.2, 0) is 14.3 Å². The number of hydrogen-bond donors (Lipinski definition) is 0. The van der Waals surface area contributed by atoms with Crippen molar-refractivity contribution in [3.05, 3.63) is 59.7 Å². The number of morpholine rings is 1. The molecule has 0 aromatic heterocycles. The van der Waals surface area contributed by atoms with E-state index in [1.165, 1.54) is 4.90 Å². The van der Waals surface area contributed by atoms with Crippen molar-refractivity contribution in [1.29, 1.82) is 0 Å². The summed E-state index contributed by atoms with van der Waals surface area (Å²) < 4.78 is 5.16. The average molecular weight is 419 g/mol. The van der Waals surface area contributed by atoms with E-state index in [0.29, 0.717) is 30.8 Å². The Morgan fingerprint density at radius 2 is 1.42 bits per heavy atom. The maximum Gasteiger partial charge on any atom is 0.261 e. The molecule has 5 rings (SSSR count). The Morgan fingerprint density at radius 3 is 2.03 bits per heavy atom. The first-order valence-corrected chi connectivity index (χ1v) is 10.3. The molecule has 0 bridgehead atoms. The summed E-state index contributed by atoms with van der Waals surface area (Å²) in [5.41, 5.74) is 2.34. The second kappa shape index (κ2) is 7.63. The molecule has 0 spiro atoms. The molecular weight excluding hydrogens is 398 g/mol. The summed E-state index contributed by atoms with van der Waals surface area (Å²) in [5.74, 6) is -0.860. The first kappa shape index (κ1) is 19.4. The number of amides is 4. The number of carbonyl (C=O) groups excluding carboxylic acids is 4. The number of ether oxygens (including phenoxy) is 1. The van der Waals surface area contributed by atoms with Crippen molar-refractivity contribution in [2.75, 3.05) is 42.6 Å². The smallest absolute Gasteiger partial charge is 0.261 e. The fourth-order valence-corrected chi connectivity index (χ4v) is 4.42. The number of anilines is 2. The average Bonchev–Trinajstić information content (AvgIpc) is 3.27. The summed E-state index contributed by atoms with van der Waals surface area (Å²) >= 11 is 0. The zero-order valence-corrected chi connectivity index (χ0v) is 16.8. The van der Waals surface area contributed by atoms with E-state index in [1.807, 2.05) is 24.3 Å². The van der Waals surface area contributed by atoms with Crippen molar-refractivity contribution in [3.8, 4) is 0 Å². The molecule has 1 atom stereocenters. The summed E-state index contributed by atoms with van der Waals surface area (Å²) in [5, 5.41) is 0. The zero-order chi connectivity index (χ0) is 21.5. The van der Waals surface area contributed by atoms with Crippen LogP contribution in [0.1, 0.15) is 27.1 Å².